The van der Waals surface area contributed by atoms with Crippen LogP contribution < -0.4 is 10.3 Å². The molecule has 0 aliphatic carbocycles. The van der Waals surface area contributed by atoms with Crippen LogP contribution in [0.1, 0.15) is 53.2 Å². The number of pyridine rings is 1. The lowest BCUT2D eigenvalue weighted by Crippen LogP contribution is -2.49. The highest BCUT2D eigenvalue weighted by molar-refractivity contribution is 5.94. The molecule has 3 aliphatic rings. The third-order valence-electron chi connectivity index (χ3n) is 7.13. The lowest BCUT2D eigenvalue weighted by molar-refractivity contribution is 0.0593. The second kappa shape index (κ2) is 8.50. The van der Waals surface area contributed by atoms with Crippen molar-refractivity contribution < 1.29 is 9.53 Å². The third-order valence-corrected chi connectivity index (χ3v) is 7.13. The van der Waals surface area contributed by atoms with E-state index in [1.165, 1.54) is 19.3 Å². The molecule has 1 amide bonds. The number of aromatic nitrogens is 1. The second-order valence-corrected chi connectivity index (χ2v) is 9.28. The predicted octanol–water partition coefficient (Wildman–Crippen LogP) is 3.10. The van der Waals surface area contributed by atoms with Gasteiger partial charge in [-0.1, -0.05) is 18.6 Å². The van der Waals surface area contributed by atoms with Crippen molar-refractivity contribution in [3.63, 3.8) is 0 Å². The largest absolute Gasteiger partial charge is 0.497 e. The zero-order valence-electron chi connectivity index (χ0n) is 18.3. The summed E-state index contributed by atoms with van der Waals surface area (Å²) >= 11 is 0. The first-order valence-electron chi connectivity index (χ1n) is 11.5. The van der Waals surface area contributed by atoms with Crippen molar-refractivity contribution in [3.05, 3.63) is 63.6 Å². The first kappa shape index (κ1) is 20.3. The first-order chi connectivity index (χ1) is 15.1. The first-order valence-corrected chi connectivity index (χ1v) is 11.5. The average molecular weight is 422 g/mol. The van der Waals surface area contributed by atoms with Crippen molar-refractivity contribution in [1.82, 2.24) is 14.4 Å². The Balaban J connectivity index is 1.36. The molecular weight excluding hydrogens is 390 g/mol. The minimum Gasteiger partial charge on any atom is -0.497 e. The van der Waals surface area contributed by atoms with Gasteiger partial charge in [0.15, 0.2) is 0 Å². The Morgan fingerprint density at radius 2 is 1.90 bits per heavy atom. The van der Waals surface area contributed by atoms with Gasteiger partial charge in [-0.3, -0.25) is 14.5 Å². The van der Waals surface area contributed by atoms with E-state index in [1.54, 1.807) is 13.2 Å². The fourth-order valence-corrected chi connectivity index (χ4v) is 5.57. The van der Waals surface area contributed by atoms with E-state index in [4.69, 9.17) is 4.74 Å². The number of hydrogen-bond acceptors (Lipinski definition) is 4. The number of piperidine rings is 2. The molecule has 3 aliphatic heterocycles. The molecule has 4 heterocycles. The molecule has 1 aromatic heterocycles. The zero-order valence-corrected chi connectivity index (χ0v) is 18.3. The summed E-state index contributed by atoms with van der Waals surface area (Å²) in [6.45, 7) is 5.02. The van der Waals surface area contributed by atoms with Crippen molar-refractivity contribution in [3.8, 4) is 5.75 Å². The molecule has 164 valence electrons. The number of nitrogens with zero attached hydrogens (tertiary/aromatic N) is 3. The monoisotopic (exact) mass is 421 g/mol. The molecule has 1 aromatic carbocycles. The van der Waals surface area contributed by atoms with E-state index in [0.717, 1.165) is 37.3 Å². The quantitative estimate of drug-likeness (QED) is 0.761. The van der Waals surface area contributed by atoms with Crippen LogP contribution in [0.2, 0.25) is 0 Å². The van der Waals surface area contributed by atoms with E-state index in [9.17, 15) is 9.59 Å². The highest BCUT2D eigenvalue weighted by Crippen LogP contribution is 2.36. The number of likely N-dealkylation sites (tertiary alicyclic amines) is 2. The molecule has 6 nitrogen and oxygen atoms in total. The standard InChI is InChI=1S/C25H31N3O3/c1-31-22-7-5-6-19(13-22)24(29)27-14-18-12-21(17-27)23-9-8-20(25(30)28(23)15-18)16-26-10-3-2-4-11-26/h5-9,13,18,21H,2-4,10-12,14-17H2,1H3/t18-,21+/m0/s1. The van der Waals surface area contributed by atoms with E-state index in [1.807, 2.05) is 33.7 Å². The van der Waals surface area contributed by atoms with Crippen molar-refractivity contribution in [2.24, 2.45) is 5.92 Å². The molecule has 0 N–H and O–H groups in total. The SMILES string of the molecule is COc1cccc(C(=O)N2C[C@@H]3C[C@H](C2)c2ccc(CN4CCCCC4)c(=O)n2C3)c1. The van der Waals surface area contributed by atoms with Crippen LogP contribution in [-0.4, -0.2) is 53.6 Å². The van der Waals surface area contributed by atoms with Gasteiger partial charge in [-0.05, 0) is 62.5 Å². The fraction of sp³-hybridized carbons (Fsp3) is 0.520. The number of ether oxygens (including phenoxy) is 1. The summed E-state index contributed by atoms with van der Waals surface area (Å²) in [6.07, 6.45) is 4.81. The lowest BCUT2D eigenvalue weighted by Gasteiger charge is -2.43. The molecule has 0 radical (unpaired) electrons. The molecule has 0 unspecified atom stereocenters. The summed E-state index contributed by atoms with van der Waals surface area (Å²) in [7, 11) is 1.61. The Labute approximate surface area is 183 Å². The highest BCUT2D eigenvalue weighted by atomic mass is 16.5. The maximum Gasteiger partial charge on any atom is 0.255 e. The summed E-state index contributed by atoms with van der Waals surface area (Å²) in [4.78, 5) is 30.8. The molecule has 2 atom stereocenters. The maximum atomic E-state index is 13.3. The topological polar surface area (TPSA) is 54.8 Å². The number of benzene rings is 1. The Morgan fingerprint density at radius 1 is 1.06 bits per heavy atom. The summed E-state index contributed by atoms with van der Waals surface area (Å²) in [5.41, 5.74) is 2.83. The van der Waals surface area contributed by atoms with Gasteiger partial charge in [-0.2, -0.15) is 0 Å². The minimum absolute atomic E-state index is 0.0473. The van der Waals surface area contributed by atoms with Crippen LogP contribution >= 0.6 is 0 Å². The van der Waals surface area contributed by atoms with Gasteiger partial charge in [-0.25, -0.2) is 0 Å². The number of amides is 1. The van der Waals surface area contributed by atoms with E-state index >= 15 is 0 Å². The molecule has 6 heteroatoms. The van der Waals surface area contributed by atoms with Crippen LogP contribution in [0.15, 0.2) is 41.2 Å². The fourth-order valence-electron chi connectivity index (χ4n) is 5.57. The predicted molar refractivity (Wildman–Crippen MR) is 120 cm³/mol. The molecule has 0 saturated carbocycles. The number of hydrogen-bond donors (Lipinski definition) is 0. The van der Waals surface area contributed by atoms with E-state index in [2.05, 4.69) is 11.0 Å². The van der Waals surface area contributed by atoms with Gasteiger partial charge in [0.05, 0.1) is 7.11 Å². The average Bonchev–Trinajstić information content (AvgIpc) is 2.81. The molecule has 0 spiro atoms. The number of carbonyl (C=O) groups excluding carboxylic acids is 1. The van der Waals surface area contributed by atoms with Crippen LogP contribution in [-0.2, 0) is 13.1 Å². The Bertz CT molecular complexity index is 1020. The van der Waals surface area contributed by atoms with E-state index in [-0.39, 0.29) is 17.4 Å². The zero-order chi connectivity index (χ0) is 21.4. The second-order valence-electron chi connectivity index (χ2n) is 9.28. The van der Waals surface area contributed by atoms with Gasteiger partial charge < -0.3 is 14.2 Å². The van der Waals surface area contributed by atoms with Crippen molar-refractivity contribution in [2.75, 3.05) is 33.3 Å². The smallest absolute Gasteiger partial charge is 0.255 e. The van der Waals surface area contributed by atoms with Gasteiger partial charge in [0.2, 0.25) is 0 Å². The summed E-state index contributed by atoms with van der Waals surface area (Å²) < 4.78 is 7.29. The Hall–Kier alpha value is -2.60. The van der Waals surface area contributed by atoms with E-state index < -0.39 is 0 Å². The number of rotatable bonds is 4. The number of fused-ring (bicyclic) bond motifs is 4. The highest BCUT2D eigenvalue weighted by Gasteiger charge is 2.37. The summed E-state index contributed by atoms with van der Waals surface area (Å²) in [5.74, 6) is 1.29. The molecule has 2 fully saturated rings. The number of methoxy groups -OCH3 is 1. The van der Waals surface area contributed by atoms with Gasteiger partial charge >= 0.3 is 0 Å². The number of carbonyl (C=O) groups is 1. The molecule has 2 saturated heterocycles. The van der Waals surface area contributed by atoms with Gasteiger partial charge in [0, 0.05) is 48.9 Å². The van der Waals surface area contributed by atoms with Crippen LogP contribution in [0, 0.1) is 5.92 Å². The van der Waals surface area contributed by atoms with Crippen LogP contribution in [0.25, 0.3) is 0 Å². The molecule has 5 rings (SSSR count). The van der Waals surface area contributed by atoms with Gasteiger partial charge in [0.1, 0.15) is 5.75 Å². The Kier molecular flexibility index (Phi) is 5.57. The van der Waals surface area contributed by atoms with Crippen LogP contribution in [0.4, 0.5) is 0 Å². The Morgan fingerprint density at radius 3 is 2.71 bits per heavy atom. The maximum absolute atomic E-state index is 13.3. The van der Waals surface area contributed by atoms with Gasteiger partial charge in [0.25, 0.3) is 11.5 Å². The van der Waals surface area contributed by atoms with Gasteiger partial charge in [-0.15, -0.1) is 0 Å². The van der Waals surface area contributed by atoms with Crippen molar-refractivity contribution in [2.45, 2.75) is 44.7 Å². The third kappa shape index (κ3) is 4.01. The van der Waals surface area contributed by atoms with Crippen LogP contribution in [0.5, 0.6) is 5.75 Å². The van der Waals surface area contributed by atoms with Crippen molar-refractivity contribution in [1.29, 1.82) is 0 Å². The molecule has 2 bridgehead atoms. The van der Waals surface area contributed by atoms with Crippen molar-refractivity contribution >= 4 is 5.91 Å². The van der Waals surface area contributed by atoms with Crippen LogP contribution in [0.3, 0.4) is 0 Å². The molecule has 31 heavy (non-hydrogen) atoms. The summed E-state index contributed by atoms with van der Waals surface area (Å²) in [5, 5.41) is 0. The molecular formula is C25H31N3O3. The van der Waals surface area contributed by atoms with E-state index in [0.29, 0.717) is 36.9 Å². The minimum atomic E-state index is 0.0473. The molecule has 2 aromatic rings. The lowest BCUT2D eigenvalue weighted by atomic mass is 9.82. The summed E-state index contributed by atoms with van der Waals surface area (Å²) in [6, 6.07) is 11.5. The normalized spacial score (nSPS) is 23.3.